The zero-order chi connectivity index (χ0) is 18.8. The van der Waals surface area contributed by atoms with Gasteiger partial charge in [0.15, 0.2) is 8.32 Å². The summed E-state index contributed by atoms with van der Waals surface area (Å²) in [6.45, 7) is 15.4. The molecule has 0 fully saturated rings. The van der Waals surface area contributed by atoms with Gasteiger partial charge in [-0.2, -0.15) is 0 Å². The van der Waals surface area contributed by atoms with Crippen LogP contribution in [-0.4, -0.2) is 25.9 Å². The molecule has 0 bridgehead atoms. The number of esters is 1. The van der Waals surface area contributed by atoms with Crippen molar-refractivity contribution in [3.8, 4) is 0 Å². The van der Waals surface area contributed by atoms with Gasteiger partial charge in [0.2, 0.25) is 0 Å². The number of carbonyl (C=O) groups excluding carboxylic acids is 1. The fraction of sp³-hybridized carbons (Fsp3) is 0.700. The number of nitrogens with zero attached hydrogens (tertiary/aromatic N) is 1. The lowest BCUT2D eigenvalue weighted by atomic mass is 10.0. The van der Waals surface area contributed by atoms with Crippen LogP contribution < -0.4 is 0 Å². The molecule has 0 spiro atoms. The van der Waals surface area contributed by atoms with Gasteiger partial charge in [-0.1, -0.05) is 27.2 Å². The molecule has 0 amide bonds. The van der Waals surface area contributed by atoms with E-state index in [-0.39, 0.29) is 17.1 Å². The highest BCUT2D eigenvalue weighted by Gasteiger charge is 2.40. The van der Waals surface area contributed by atoms with E-state index in [1.165, 1.54) is 0 Å². The van der Waals surface area contributed by atoms with Crippen molar-refractivity contribution in [2.75, 3.05) is 6.61 Å². The molecular formula is C20H33NO3Si. The van der Waals surface area contributed by atoms with E-state index in [9.17, 15) is 4.79 Å². The minimum Gasteiger partial charge on any atom is -0.462 e. The van der Waals surface area contributed by atoms with Crippen LogP contribution in [0.4, 0.5) is 0 Å². The van der Waals surface area contributed by atoms with E-state index in [0.29, 0.717) is 12.2 Å². The molecule has 1 aliphatic rings. The van der Waals surface area contributed by atoms with Gasteiger partial charge in [-0.25, -0.2) is 4.79 Å². The predicted molar refractivity (Wildman–Crippen MR) is 104 cm³/mol. The van der Waals surface area contributed by atoms with Gasteiger partial charge in [0.1, 0.15) is 0 Å². The molecule has 1 aromatic heterocycles. The van der Waals surface area contributed by atoms with Gasteiger partial charge in [-0.3, -0.25) is 4.98 Å². The van der Waals surface area contributed by atoms with Crippen LogP contribution >= 0.6 is 0 Å². The number of ether oxygens (including phenoxy) is 1. The van der Waals surface area contributed by atoms with Crippen LogP contribution in [0.15, 0.2) is 6.07 Å². The average Bonchev–Trinajstić information content (AvgIpc) is 2.67. The maximum absolute atomic E-state index is 12.3. The van der Waals surface area contributed by atoms with Crippen LogP contribution in [0.25, 0.3) is 0 Å². The van der Waals surface area contributed by atoms with Gasteiger partial charge in [0.25, 0.3) is 0 Å². The Bertz CT molecular complexity index is 635. The smallest absolute Gasteiger partial charge is 0.339 e. The Morgan fingerprint density at radius 3 is 2.60 bits per heavy atom. The third kappa shape index (κ3) is 4.50. The summed E-state index contributed by atoms with van der Waals surface area (Å²) in [6, 6.07) is 1.98. The van der Waals surface area contributed by atoms with E-state index in [1.807, 2.05) is 19.9 Å². The topological polar surface area (TPSA) is 48.4 Å². The van der Waals surface area contributed by atoms with Crippen molar-refractivity contribution in [1.82, 2.24) is 4.98 Å². The fourth-order valence-electron chi connectivity index (χ4n) is 3.00. The zero-order valence-electron chi connectivity index (χ0n) is 16.9. The third-order valence-electron chi connectivity index (χ3n) is 5.54. The summed E-state index contributed by atoms with van der Waals surface area (Å²) in [7, 11) is -1.90. The van der Waals surface area contributed by atoms with Crippen molar-refractivity contribution in [2.45, 2.75) is 84.5 Å². The largest absolute Gasteiger partial charge is 0.462 e. The minimum atomic E-state index is -1.90. The molecule has 0 aromatic carbocycles. The summed E-state index contributed by atoms with van der Waals surface area (Å²) in [6.07, 6.45) is 4.22. The SMILES string of the molecule is CCOC(=O)c1cc2c(nc1C)CCCCC2O[Si](C)(C)C(C)(C)C. The summed E-state index contributed by atoms with van der Waals surface area (Å²) >= 11 is 0. The molecule has 0 aliphatic heterocycles. The van der Waals surface area contributed by atoms with E-state index >= 15 is 0 Å². The van der Waals surface area contributed by atoms with Crippen molar-refractivity contribution < 1.29 is 14.0 Å². The van der Waals surface area contributed by atoms with E-state index < -0.39 is 8.32 Å². The molecule has 0 N–H and O–H groups in total. The maximum atomic E-state index is 12.3. The second-order valence-electron chi connectivity index (χ2n) is 8.49. The minimum absolute atomic E-state index is 0.0275. The van der Waals surface area contributed by atoms with E-state index in [0.717, 1.165) is 42.6 Å². The second kappa shape index (κ2) is 7.58. The van der Waals surface area contributed by atoms with Gasteiger partial charge in [-0.15, -0.1) is 0 Å². The van der Waals surface area contributed by atoms with Crippen molar-refractivity contribution in [2.24, 2.45) is 0 Å². The number of carbonyl (C=O) groups is 1. The van der Waals surface area contributed by atoms with Crippen molar-refractivity contribution in [3.05, 3.63) is 28.6 Å². The fourth-order valence-corrected chi connectivity index (χ4v) is 4.31. The Labute approximate surface area is 153 Å². The average molecular weight is 364 g/mol. The Morgan fingerprint density at radius 2 is 2.00 bits per heavy atom. The molecule has 1 atom stereocenters. The molecule has 1 unspecified atom stereocenters. The van der Waals surface area contributed by atoms with Crippen molar-refractivity contribution in [1.29, 1.82) is 0 Å². The lowest BCUT2D eigenvalue weighted by molar-refractivity contribution is 0.0524. The van der Waals surface area contributed by atoms with Crippen LogP contribution in [0.3, 0.4) is 0 Å². The quantitative estimate of drug-likeness (QED) is 0.411. The highest BCUT2D eigenvalue weighted by molar-refractivity contribution is 6.74. The van der Waals surface area contributed by atoms with Gasteiger partial charge >= 0.3 is 5.97 Å². The molecule has 25 heavy (non-hydrogen) atoms. The molecular weight excluding hydrogens is 330 g/mol. The lowest BCUT2D eigenvalue weighted by Crippen LogP contribution is -2.42. The molecule has 1 aromatic rings. The molecule has 0 saturated heterocycles. The van der Waals surface area contributed by atoms with E-state index in [1.54, 1.807) is 0 Å². The summed E-state index contributed by atoms with van der Waals surface area (Å²) in [5.74, 6) is -0.286. The summed E-state index contributed by atoms with van der Waals surface area (Å²) in [5.41, 5.74) is 3.51. The zero-order valence-corrected chi connectivity index (χ0v) is 17.9. The van der Waals surface area contributed by atoms with E-state index in [2.05, 4.69) is 33.9 Å². The van der Waals surface area contributed by atoms with Crippen LogP contribution in [0.1, 0.15) is 80.4 Å². The first-order chi connectivity index (χ1) is 11.6. The van der Waals surface area contributed by atoms with Crippen LogP contribution in [0.5, 0.6) is 0 Å². The first kappa shape index (κ1) is 20.1. The lowest BCUT2D eigenvalue weighted by Gasteiger charge is -2.39. The van der Waals surface area contributed by atoms with Crippen molar-refractivity contribution in [3.63, 3.8) is 0 Å². The first-order valence-electron chi connectivity index (χ1n) is 9.42. The molecule has 0 saturated carbocycles. The van der Waals surface area contributed by atoms with Crippen LogP contribution in [-0.2, 0) is 15.6 Å². The van der Waals surface area contributed by atoms with Crippen molar-refractivity contribution >= 4 is 14.3 Å². The van der Waals surface area contributed by atoms with Gasteiger partial charge in [0, 0.05) is 11.3 Å². The molecule has 0 radical (unpaired) electrons. The Balaban J connectivity index is 2.43. The standard InChI is InChI=1S/C20H33NO3Si/c1-8-23-19(22)15-13-16-17(21-14(15)2)11-9-10-12-18(16)24-25(6,7)20(3,4)5/h13,18H,8-12H2,1-7H3. The molecule has 4 nitrogen and oxygen atoms in total. The van der Waals surface area contributed by atoms with Gasteiger partial charge in [0.05, 0.1) is 24.0 Å². The maximum Gasteiger partial charge on any atom is 0.339 e. The number of pyridine rings is 1. The monoisotopic (exact) mass is 363 g/mol. The Kier molecular flexibility index (Phi) is 6.10. The summed E-state index contributed by atoms with van der Waals surface area (Å²) in [4.78, 5) is 17.0. The Morgan fingerprint density at radius 1 is 1.32 bits per heavy atom. The van der Waals surface area contributed by atoms with Crippen LogP contribution in [0.2, 0.25) is 18.1 Å². The van der Waals surface area contributed by atoms with E-state index in [4.69, 9.17) is 14.1 Å². The number of fused-ring (bicyclic) bond motifs is 1. The molecule has 140 valence electrons. The number of aromatic nitrogens is 1. The number of hydrogen-bond acceptors (Lipinski definition) is 4. The highest BCUT2D eigenvalue weighted by atomic mass is 28.4. The molecule has 2 rings (SSSR count). The van der Waals surface area contributed by atoms with Crippen LogP contribution in [0, 0.1) is 6.92 Å². The molecule has 1 heterocycles. The molecule has 5 heteroatoms. The van der Waals surface area contributed by atoms with Gasteiger partial charge in [-0.05, 0) is 57.3 Å². The Hall–Kier alpha value is -1.20. The summed E-state index contributed by atoms with van der Waals surface area (Å²) in [5, 5.41) is 0.154. The number of rotatable bonds is 4. The normalized spacial score (nSPS) is 18.4. The highest BCUT2D eigenvalue weighted by Crippen LogP contribution is 2.42. The number of aryl methyl sites for hydroxylation is 2. The third-order valence-corrected chi connectivity index (χ3v) is 10.0. The van der Waals surface area contributed by atoms with Gasteiger partial charge < -0.3 is 9.16 Å². The predicted octanol–water partition coefficient (Wildman–Crippen LogP) is 5.36. The summed E-state index contributed by atoms with van der Waals surface area (Å²) < 4.78 is 11.9. The molecule has 1 aliphatic carbocycles. The first-order valence-corrected chi connectivity index (χ1v) is 12.3. The number of hydrogen-bond donors (Lipinski definition) is 0. The second-order valence-corrected chi connectivity index (χ2v) is 13.2.